The van der Waals surface area contributed by atoms with Gasteiger partial charge in [0, 0.05) is 17.8 Å². The van der Waals surface area contributed by atoms with E-state index in [0.29, 0.717) is 28.9 Å². The summed E-state index contributed by atoms with van der Waals surface area (Å²) in [5.74, 6) is 1.56. The van der Waals surface area contributed by atoms with Crippen LogP contribution in [0.25, 0.3) is 22.9 Å². The maximum atomic E-state index is 12.9. The maximum absolute atomic E-state index is 12.9. The van der Waals surface area contributed by atoms with Crippen molar-refractivity contribution in [1.29, 1.82) is 0 Å². The van der Waals surface area contributed by atoms with Crippen LogP contribution in [0.5, 0.6) is 0 Å². The number of anilines is 1. The van der Waals surface area contributed by atoms with Crippen molar-refractivity contribution in [2.24, 2.45) is 0 Å². The standard InChI is InChI=1S/C20H20ClF3N6/c1-30-8-5-13(6-9-30)27-17-4-7-25-19(29-17)16-11-26-18(28-16)12-2-3-14(15(21)10-12)20(22,23)24/h2-4,7,10-11,13H,5-6,8-9H2,1H3,(H,26,28)(H,25,27,29). The largest absolute Gasteiger partial charge is 0.417 e. The molecule has 0 radical (unpaired) electrons. The molecule has 6 nitrogen and oxygen atoms in total. The average molecular weight is 437 g/mol. The summed E-state index contributed by atoms with van der Waals surface area (Å²) in [5.41, 5.74) is 0.128. The van der Waals surface area contributed by atoms with E-state index >= 15 is 0 Å². The Morgan fingerprint density at radius 3 is 2.63 bits per heavy atom. The van der Waals surface area contributed by atoms with Crippen LogP contribution in [-0.4, -0.2) is 51.0 Å². The van der Waals surface area contributed by atoms with Crippen molar-refractivity contribution in [3.05, 3.63) is 47.2 Å². The zero-order chi connectivity index (χ0) is 21.3. The van der Waals surface area contributed by atoms with Crippen LogP contribution in [0.1, 0.15) is 18.4 Å². The van der Waals surface area contributed by atoms with E-state index in [0.717, 1.165) is 37.8 Å². The molecule has 30 heavy (non-hydrogen) atoms. The van der Waals surface area contributed by atoms with E-state index in [1.165, 1.54) is 12.1 Å². The van der Waals surface area contributed by atoms with Crippen molar-refractivity contribution in [2.75, 3.05) is 25.5 Å². The summed E-state index contributed by atoms with van der Waals surface area (Å²) in [6, 6.07) is 5.69. The van der Waals surface area contributed by atoms with E-state index in [1.54, 1.807) is 12.4 Å². The molecule has 10 heteroatoms. The molecule has 2 aromatic heterocycles. The molecular weight excluding hydrogens is 417 g/mol. The smallest absolute Gasteiger partial charge is 0.367 e. The summed E-state index contributed by atoms with van der Waals surface area (Å²) in [6.07, 6.45) is 0.793. The molecule has 0 aliphatic carbocycles. The van der Waals surface area contributed by atoms with Crippen molar-refractivity contribution >= 4 is 17.4 Å². The van der Waals surface area contributed by atoms with Gasteiger partial charge in [0.2, 0.25) is 0 Å². The number of imidazole rings is 1. The van der Waals surface area contributed by atoms with Gasteiger partial charge in [0.15, 0.2) is 5.82 Å². The molecule has 1 aliphatic heterocycles. The number of halogens is 4. The first-order valence-corrected chi connectivity index (χ1v) is 9.88. The number of rotatable bonds is 4. The number of piperidine rings is 1. The second-order valence-electron chi connectivity index (χ2n) is 7.33. The van der Waals surface area contributed by atoms with Gasteiger partial charge in [0.1, 0.15) is 17.3 Å². The lowest BCUT2D eigenvalue weighted by Crippen LogP contribution is -2.36. The van der Waals surface area contributed by atoms with Crippen LogP contribution in [0.4, 0.5) is 19.0 Å². The highest BCUT2D eigenvalue weighted by Gasteiger charge is 2.33. The quantitative estimate of drug-likeness (QED) is 0.619. The van der Waals surface area contributed by atoms with Gasteiger partial charge in [-0.3, -0.25) is 0 Å². The SMILES string of the molecule is CN1CCC(Nc2ccnc(-c3cnc(-c4ccc(C(F)(F)F)c(Cl)c4)[nH]3)n2)CC1. The Kier molecular flexibility index (Phi) is 5.66. The van der Waals surface area contributed by atoms with Crippen LogP contribution in [0, 0.1) is 0 Å². The minimum atomic E-state index is -4.50. The van der Waals surface area contributed by atoms with Crippen molar-refractivity contribution < 1.29 is 13.2 Å². The third-order valence-corrected chi connectivity index (χ3v) is 5.40. The van der Waals surface area contributed by atoms with Crippen molar-refractivity contribution in [3.63, 3.8) is 0 Å². The number of likely N-dealkylation sites (tertiary alicyclic amines) is 1. The first-order valence-electron chi connectivity index (χ1n) is 9.50. The summed E-state index contributed by atoms with van der Waals surface area (Å²) in [4.78, 5) is 18.4. The number of H-pyrrole nitrogens is 1. The lowest BCUT2D eigenvalue weighted by Gasteiger charge is -2.29. The van der Waals surface area contributed by atoms with E-state index in [9.17, 15) is 13.2 Å². The lowest BCUT2D eigenvalue weighted by atomic mass is 10.1. The van der Waals surface area contributed by atoms with Gasteiger partial charge in [-0.1, -0.05) is 17.7 Å². The summed E-state index contributed by atoms with van der Waals surface area (Å²) in [7, 11) is 2.11. The molecule has 2 N–H and O–H groups in total. The average Bonchev–Trinajstić information content (AvgIpc) is 3.19. The number of aromatic nitrogens is 4. The second kappa shape index (κ2) is 8.23. The zero-order valence-electron chi connectivity index (χ0n) is 16.2. The summed E-state index contributed by atoms with van der Waals surface area (Å²) in [5, 5.41) is 3.07. The van der Waals surface area contributed by atoms with Crippen molar-refractivity contribution in [1.82, 2.24) is 24.8 Å². The zero-order valence-corrected chi connectivity index (χ0v) is 16.9. The fourth-order valence-electron chi connectivity index (χ4n) is 3.40. The molecule has 4 rings (SSSR count). The van der Waals surface area contributed by atoms with E-state index in [4.69, 9.17) is 11.6 Å². The fourth-order valence-corrected chi connectivity index (χ4v) is 3.69. The van der Waals surface area contributed by atoms with Gasteiger partial charge in [-0.2, -0.15) is 13.2 Å². The summed E-state index contributed by atoms with van der Waals surface area (Å²) < 4.78 is 38.7. The number of benzene rings is 1. The van der Waals surface area contributed by atoms with E-state index in [2.05, 4.69) is 37.2 Å². The number of nitrogens with one attached hydrogen (secondary N) is 2. The Hall–Kier alpha value is -2.65. The number of hydrogen-bond donors (Lipinski definition) is 2. The van der Waals surface area contributed by atoms with Crippen LogP contribution >= 0.6 is 11.6 Å². The molecule has 158 valence electrons. The Labute approximate surface area is 176 Å². The molecule has 1 aromatic carbocycles. The lowest BCUT2D eigenvalue weighted by molar-refractivity contribution is -0.137. The van der Waals surface area contributed by atoms with Gasteiger partial charge in [0.05, 0.1) is 16.8 Å². The molecule has 1 fully saturated rings. The predicted molar refractivity (Wildman–Crippen MR) is 109 cm³/mol. The van der Waals surface area contributed by atoms with Gasteiger partial charge in [-0.05, 0) is 51.2 Å². The fraction of sp³-hybridized carbons (Fsp3) is 0.350. The highest BCUT2D eigenvalue weighted by Crippen LogP contribution is 2.36. The van der Waals surface area contributed by atoms with E-state index in [1.807, 2.05) is 6.07 Å². The first kappa shape index (κ1) is 20.6. The molecular formula is C20H20ClF3N6. The number of hydrogen-bond acceptors (Lipinski definition) is 5. The summed E-state index contributed by atoms with van der Waals surface area (Å²) in [6.45, 7) is 2.07. The van der Waals surface area contributed by atoms with E-state index in [-0.39, 0.29) is 5.02 Å². The minimum absolute atomic E-state index is 0.357. The molecule has 3 heterocycles. The Morgan fingerprint density at radius 1 is 1.17 bits per heavy atom. The second-order valence-corrected chi connectivity index (χ2v) is 7.73. The molecule has 1 aliphatic rings. The summed E-state index contributed by atoms with van der Waals surface area (Å²) >= 11 is 5.81. The molecule has 0 unspecified atom stereocenters. The van der Waals surface area contributed by atoms with Crippen LogP contribution < -0.4 is 5.32 Å². The molecule has 3 aromatic rings. The highest BCUT2D eigenvalue weighted by atomic mass is 35.5. The number of alkyl halides is 3. The van der Waals surface area contributed by atoms with Gasteiger partial charge in [-0.15, -0.1) is 0 Å². The van der Waals surface area contributed by atoms with Crippen LogP contribution in [0.2, 0.25) is 5.02 Å². The van der Waals surface area contributed by atoms with Gasteiger partial charge in [0.25, 0.3) is 0 Å². The van der Waals surface area contributed by atoms with Crippen LogP contribution in [0.3, 0.4) is 0 Å². The molecule has 0 bridgehead atoms. The van der Waals surface area contributed by atoms with Crippen molar-refractivity contribution in [3.8, 4) is 22.9 Å². The molecule has 0 spiro atoms. The van der Waals surface area contributed by atoms with Gasteiger partial charge < -0.3 is 15.2 Å². The maximum Gasteiger partial charge on any atom is 0.417 e. The molecule has 1 saturated heterocycles. The normalized spacial score (nSPS) is 16.0. The van der Waals surface area contributed by atoms with Crippen LogP contribution in [0.15, 0.2) is 36.7 Å². The Balaban J connectivity index is 1.52. The highest BCUT2D eigenvalue weighted by molar-refractivity contribution is 6.31. The number of aromatic amines is 1. The number of nitrogens with zero attached hydrogens (tertiary/aromatic N) is 4. The monoisotopic (exact) mass is 436 g/mol. The first-order chi connectivity index (χ1) is 14.3. The van der Waals surface area contributed by atoms with Gasteiger partial charge >= 0.3 is 6.18 Å². The third-order valence-electron chi connectivity index (χ3n) is 5.09. The van der Waals surface area contributed by atoms with E-state index < -0.39 is 11.7 Å². The predicted octanol–water partition coefficient (Wildman–Crippen LogP) is 4.71. The Morgan fingerprint density at radius 2 is 1.93 bits per heavy atom. The molecule has 0 saturated carbocycles. The molecule has 0 amide bonds. The minimum Gasteiger partial charge on any atom is -0.367 e. The van der Waals surface area contributed by atoms with Crippen molar-refractivity contribution in [2.45, 2.75) is 25.1 Å². The van der Waals surface area contributed by atoms with Gasteiger partial charge in [-0.25, -0.2) is 15.0 Å². The molecule has 0 atom stereocenters. The third kappa shape index (κ3) is 4.57. The van der Waals surface area contributed by atoms with Crippen LogP contribution in [-0.2, 0) is 6.18 Å². The topological polar surface area (TPSA) is 69.7 Å². The Bertz CT molecular complexity index is 1030.